The van der Waals surface area contributed by atoms with E-state index >= 15 is 0 Å². The Labute approximate surface area is 160 Å². The van der Waals surface area contributed by atoms with Gasteiger partial charge in [-0.15, -0.1) is 17.8 Å². The Bertz CT molecular complexity index is 944. The highest BCUT2D eigenvalue weighted by Gasteiger charge is 2.32. The van der Waals surface area contributed by atoms with Gasteiger partial charge < -0.3 is 0 Å². The van der Waals surface area contributed by atoms with Crippen LogP contribution >= 0.6 is 11.3 Å². The number of benzene rings is 1. The smallest absolute Gasteiger partial charge is 0.282 e. The van der Waals surface area contributed by atoms with Crippen LogP contribution in [0.25, 0.3) is 10.6 Å². The molecule has 0 aliphatic carbocycles. The summed E-state index contributed by atoms with van der Waals surface area (Å²) >= 11 is 1.33. The number of hydrogen-bond acceptors (Lipinski definition) is 5. The van der Waals surface area contributed by atoms with E-state index in [1.54, 1.807) is 0 Å². The SMILES string of the molecule is C#CCN(Cc1csc(-c2ccc(C(F)(F)F)cc2)n1)C1CCS(=O)(=O)C1. The first-order chi connectivity index (χ1) is 12.7. The third-order valence-corrected chi connectivity index (χ3v) is 7.09. The van der Waals surface area contributed by atoms with Crippen LogP contribution in [0.4, 0.5) is 13.2 Å². The van der Waals surface area contributed by atoms with Crippen molar-refractivity contribution in [2.45, 2.75) is 25.2 Å². The van der Waals surface area contributed by atoms with E-state index in [1.165, 1.54) is 23.5 Å². The number of alkyl halides is 3. The lowest BCUT2D eigenvalue weighted by Gasteiger charge is -2.24. The summed E-state index contributed by atoms with van der Waals surface area (Å²) in [6.07, 6.45) is 1.58. The summed E-state index contributed by atoms with van der Waals surface area (Å²) in [6.45, 7) is 0.717. The van der Waals surface area contributed by atoms with Crippen molar-refractivity contribution in [1.29, 1.82) is 0 Å². The van der Waals surface area contributed by atoms with Crippen LogP contribution in [-0.4, -0.2) is 42.4 Å². The number of rotatable bonds is 5. The summed E-state index contributed by atoms with van der Waals surface area (Å²) in [5.74, 6) is 2.80. The summed E-state index contributed by atoms with van der Waals surface area (Å²) in [5, 5.41) is 2.43. The van der Waals surface area contributed by atoms with Gasteiger partial charge in [0.2, 0.25) is 0 Å². The van der Waals surface area contributed by atoms with Crippen molar-refractivity contribution in [3.8, 4) is 22.9 Å². The molecule has 3 rings (SSSR count). The lowest BCUT2D eigenvalue weighted by atomic mass is 10.1. The minimum Gasteiger partial charge on any atom is -0.282 e. The first kappa shape index (κ1) is 19.9. The molecule has 1 saturated heterocycles. The number of halogens is 3. The average molecular weight is 414 g/mol. The van der Waals surface area contributed by atoms with E-state index in [-0.39, 0.29) is 17.5 Å². The van der Waals surface area contributed by atoms with Gasteiger partial charge in [-0.3, -0.25) is 4.90 Å². The Morgan fingerprint density at radius 1 is 1.30 bits per heavy atom. The zero-order valence-corrected chi connectivity index (χ0v) is 15.9. The first-order valence-electron chi connectivity index (χ1n) is 8.18. The molecule has 0 bridgehead atoms. The fourth-order valence-corrected chi connectivity index (χ4v) is 5.60. The van der Waals surface area contributed by atoms with Crippen LogP contribution in [-0.2, 0) is 22.6 Å². The molecule has 1 unspecified atom stereocenters. The average Bonchev–Trinajstić information content (AvgIpc) is 3.20. The third-order valence-electron chi connectivity index (χ3n) is 4.40. The normalized spacial score (nSPS) is 19.3. The van der Waals surface area contributed by atoms with Gasteiger partial charge in [0, 0.05) is 23.5 Å². The molecule has 0 saturated carbocycles. The zero-order chi connectivity index (χ0) is 19.7. The van der Waals surface area contributed by atoms with E-state index in [2.05, 4.69) is 10.9 Å². The molecule has 144 valence electrons. The highest BCUT2D eigenvalue weighted by molar-refractivity contribution is 7.91. The molecule has 1 aromatic heterocycles. The molecule has 1 aliphatic rings. The maximum atomic E-state index is 12.7. The van der Waals surface area contributed by atoms with Crippen LogP contribution in [0.1, 0.15) is 17.7 Å². The molecule has 0 radical (unpaired) electrons. The van der Waals surface area contributed by atoms with Gasteiger partial charge in [0.05, 0.1) is 29.3 Å². The number of terminal acetylenes is 1. The van der Waals surface area contributed by atoms with Gasteiger partial charge in [-0.05, 0) is 18.6 Å². The van der Waals surface area contributed by atoms with Crippen LogP contribution in [0.3, 0.4) is 0 Å². The molecule has 27 heavy (non-hydrogen) atoms. The second kappa shape index (κ2) is 7.62. The Kier molecular flexibility index (Phi) is 5.60. The van der Waals surface area contributed by atoms with Crippen molar-refractivity contribution in [2.75, 3.05) is 18.1 Å². The van der Waals surface area contributed by atoms with Crippen molar-refractivity contribution in [3.63, 3.8) is 0 Å². The third kappa shape index (κ3) is 4.89. The molecule has 2 aromatic rings. The van der Waals surface area contributed by atoms with Crippen molar-refractivity contribution in [3.05, 3.63) is 40.9 Å². The molecule has 1 aromatic carbocycles. The fraction of sp³-hybridized carbons (Fsp3) is 0.389. The summed E-state index contributed by atoms with van der Waals surface area (Å²) in [5.41, 5.74) is 0.617. The summed E-state index contributed by atoms with van der Waals surface area (Å²) in [6, 6.07) is 4.72. The molecular formula is C18H17F3N2O2S2. The van der Waals surface area contributed by atoms with Gasteiger partial charge >= 0.3 is 6.18 Å². The van der Waals surface area contributed by atoms with E-state index in [0.29, 0.717) is 30.1 Å². The van der Waals surface area contributed by atoms with Gasteiger partial charge in [-0.2, -0.15) is 13.2 Å². The van der Waals surface area contributed by atoms with Gasteiger partial charge in [-0.25, -0.2) is 13.4 Å². The Morgan fingerprint density at radius 3 is 2.56 bits per heavy atom. The lowest BCUT2D eigenvalue weighted by molar-refractivity contribution is -0.137. The van der Waals surface area contributed by atoms with Crippen molar-refractivity contribution >= 4 is 21.2 Å². The van der Waals surface area contributed by atoms with Gasteiger partial charge in [-0.1, -0.05) is 18.1 Å². The molecule has 0 N–H and O–H groups in total. The Balaban J connectivity index is 1.74. The van der Waals surface area contributed by atoms with Crippen LogP contribution < -0.4 is 0 Å². The van der Waals surface area contributed by atoms with Crippen LogP contribution in [0.2, 0.25) is 0 Å². The second-order valence-corrected chi connectivity index (χ2v) is 9.47. The van der Waals surface area contributed by atoms with E-state index in [9.17, 15) is 21.6 Å². The maximum Gasteiger partial charge on any atom is 0.416 e. The van der Waals surface area contributed by atoms with Crippen LogP contribution in [0, 0.1) is 12.3 Å². The molecule has 1 atom stereocenters. The highest BCUT2D eigenvalue weighted by atomic mass is 32.2. The number of aromatic nitrogens is 1. The zero-order valence-electron chi connectivity index (χ0n) is 14.2. The standard InChI is InChI=1S/C18H17F3N2O2S2/c1-2-8-23(16-7-9-27(24,25)12-16)10-15-11-26-17(22-15)13-3-5-14(6-4-13)18(19,20)21/h1,3-6,11,16H,7-10,12H2. The second-order valence-electron chi connectivity index (χ2n) is 6.39. The Morgan fingerprint density at radius 2 is 2.00 bits per heavy atom. The molecule has 0 amide bonds. The van der Waals surface area contributed by atoms with Gasteiger partial charge in [0.25, 0.3) is 0 Å². The molecule has 1 fully saturated rings. The van der Waals surface area contributed by atoms with Crippen LogP contribution in [0.5, 0.6) is 0 Å². The monoisotopic (exact) mass is 414 g/mol. The predicted octanol–water partition coefficient (Wildman–Crippen LogP) is 3.45. The number of nitrogens with zero attached hydrogens (tertiary/aromatic N) is 2. The summed E-state index contributed by atoms with van der Waals surface area (Å²) in [4.78, 5) is 6.39. The minimum absolute atomic E-state index is 0.0879. The van der Waals surface area contributed by atoms with E-state index in [0.717, 1.165) is 17.8 Å². The van der Waals surface area contributed by atoms with Gasteiger partial charge in [0.1, 0.15) is 5.01 Å². The van der Waals surface area contributed by atoms with Gasteiger partial charge in [0.15, 0.2) is 9.84 Å². The lowest BCUT2D eigenvalue weighted by Crippen LogP contribution is -2.36. The summed E-state index contributed by atoms with van der Waals surface area (Å²) < 4.78 is 61.4. The molecule has 2 heterocycles. The number of hydrogen-bond donors (Lipinski definition) is 0. The van der Waals surface area contributed by atoms with Crippen molar-refractivity contribution in [1.82, 2.24) is 9.88 Å². The topological polar surface area (TPSA) is 50.3 Å². The van der Waals surface area contributed by atoms with Crippen molar-refractivity contribution < 1.29 is 21.6 Å². The largest absolute Gasteiger partial charge is 0.416 e. The number of sulfone groups is 1. The maximum absolute atomic E-state index is 12.7. The molecular weight excluding hydrogens is 397 g/mol. The molecule has 1 aliphatic heterocycles. The van der Waals surface area contributed by atoms with Crippen molar-refractivity contribution in [2.24, 2.45) is 0 Å². The number of thiazole rings is 1. The molecule has 4 nitrogen and oxygen atoms in total. The van der Waals surface area contributed by atoms with Crippen LogP contribution in [0.15, 0.2) is 29.6 Å². The van der Waals surface area contributed by atoms with E-state index in [4.69, 9.17) is 6.42 Å². The van der Waals surface area contributed by atoms with E-state index in [1.807, 2.05) is 10.3 Å². The first-order valence-corrected chi connectivity index (χ1v) is 10.9. The molecule has 0 spiro atoms. The fourth-order valence-electron chi connectivity index (χ4n) is 3.02. The van der Waals surface area contributed by atoms with E-state index < -0.39 is 21.6 Å². The predicted molar refractivity (Wildman–Crippen MR) is 98.9 cm³/mol. The molecule has 9 heteroatoms. The Hall–Kier alpha value is -1.89. The quantitative estimate of drug-likeness (QED) is 0.704. The minimum atomic E-state index is -4.37. The highest BCUT2D eigenvalue weighted by Crippen LogP contribution is 2.32. The summed E-state index contributed by atoms with van der Waals surface area (Å²) in [7, 11) is -3.02.